The van der Waals surface area contributed by atoms with E-state index in [2.05, 4.69) is 27.8 Å². The first-order valence-corrected chi connectivity index (χ1v) is 9.60. The molecule has 2 N–H and O–H groups in total. The van der Waals surface area contributed by atoms with E-state index in [1.165, 1.54) is 32.8 Å². The molecular weight excluding hydrogens is 362 g/mol. The Hall–Kier alpha value is -2.29. The van der Waals surface area contributed by atoms with Crippen LogP contribution in [-0.2, 0) is 4.79 Å². The van der Waals surface area contributed by atoms with E-state index in [9.17, 15) is 9.59 Å². The molecule has 120 valence electrons. The van der Waals surface area contributed by atoms with Gasteiger partial charge in [0.15, 0.2) is 5.13 Å². The summed E-state index contributed by atoms with van der Waals surface area (Å²) in [6, 6.07) is 10.0. The summed E-state index contributed by atoms with van der Waals surface area (Å²) in [6.07, 6.45) is 1.61. The molecule has 0 unspecified atom stereocenters. The second-order valence-electron chi connectivity index (χ2n) is 4.97. The highest BCUT2D eigenvalue weighted by Crippen LogP contribution is 2.39. The standard InChI is InChI=1S/C16H11N3O2S3/c20-13(19-16-17-5-6-22-16)8-18-15(21)12-7-11-14(24-12)9-3-1-2-4-10(9)23-11/h1-7H,8H2,(H,18,21)(H,17,19,20). The van der Waals surface area contributed by atoms with Crippen molar-refractivity contribution in [2.24, 2.45) is 0 Å². The number of carbonyl (C=O) groups is 2. The average molecular weight is 373 g/mol. The molecule has 0 spiro atoms. The minimum absolute atomic E-state index is 0.0787. The first-order valence-electron chi connectivity index (χ1n) is 7.09. The van der Waals surface area contributed by atoms with Crippen LogP contribution in [0, 0.1) is 0 Å². The van der Waals surface area contributed by atoms with Crippen molar-refractivity contribution in [3.8, 4) is 0 Å². The Bertz CT molecular complexity index is 1030. The number of benzene rings is 1. The highest BCUT2D eigenvalue weighted by Gasteiger charge is 2.15. The van der Waals surface area contributed by atoms with Gasteiger partial charge in [-0.15, -0.1) is 34.0 Å². The third-order valence-electron chi connectivity index (χ3n) is 3.36. The monoisotopic (exact) mass is 373 g/mol. The van der Waals surface area contributed by atoms with Crippen molar-refractivity contribution in [2.75, 3.05) is 11.9 Å². The molecule has 24 heavy (non-hydrogen) atoms. The summed E-state index contributed by atoms with van der Waals surface area (Å²) < 4.78 is 3.43. The molecule has 0 saturated carbocycles. The molecule has 5 nitrogen and oxygen atoms in total. The number of fused-ring (bicyclic) bond motifs is 3. The molecule has 0 aliphatic heterocycles. The number of aromatic nitrogens is 1. The van der Waals surface area contributed by atoms with Crippen LogP contribution in [0.1, 0.15) is 9.67 Å². The van der Waals surface area contributed by atoms with Crippen molar-refractivity contribution in [1.82, 2.24) is 10.3 Å². The third kappa shape index (κ3) is 2.91. The molecule has 0 aliphatic rings. The number of nitrogens with zero attached hydrogens (tertiary/aromatic N) is 1. The van der Waals surface area contributed by atoms with Gasteiger partial charge in [-0.3, -0.25) is 9.59 Å². The minimum Gasteiger partial charge on any atom is -0.342 e. The summed E-state index contributed by atoms with van der Waals surface area (Å²) in [4.78, 5) is 28.6. The molecule has 3 heterocycles. The lowest BCUT2D eigenvalue weighted by Crippen LogP contribution is -2.32. The normalized spacial score (nSPS) is 11.0. The maximum Gasteiger partial charge on any atom is 0.261 e. The van der Waals surface area contributed by atoms with E-state index in [-0.39, 0.29) is 18.4 Å². The van der Waals surface area contributed by atoms with Gasteiger partial charge in [-0.25, -0.2) is 4.98 Å². The smallest absolute Gasteiger partial charge is 0.261 e. The molecule has 0 atom stereocenters. The van der Waals surface area contributed by atoms with Crippen molar-refractivity contribution in [3.05, 3.63) is 46.8 Å². The number of anilines is 1. The Kier molecular flexibility index (Phi) is 4.01. The van der Waals surface area contributed by atoms with Gasteiger partial charge in [0, 0.05) is 26.4 Å². The number of thiazole rings is 1. The molecule has 0 bridgehead atoms. The SMILES string of the molecule is O=C(CNC(=O)c1cc2sc3ccccc3c2s1)Nc1nccs1. The van der Waals surface area contributed by atoms with Crippen LogP contribution in [0.15, 0.2) is 41.9 Å². The van der Waals surface area contributed by atoms with E-state index in [4.69, 9.17) is 0 Å². The van der Waals surface area contributed by atoms with Crippen LogP contribution >= 0.6 is 34.0 Å². The average Bonchev–Trinajstić information content (AvgIpc) is 3.28. The number of amides is 2. The lowest BCUT2D eigenvalue weighted by Gasteiger charge is -2.03. The van der Waals surface area contributed by atoms with E-state index >= 15 is 0 Å². The van der Waals surface area contributed by atoms with Gasteiger partial charge in [0.1, 0.15) is 0 Å². The van der Waals surface area contributed by atoms with Gasteiger partial charge in [-0.2, -0.15) is 0 Å². The van der Waals surface area contributed by atoms with Crippen LogP contribution in [-0.4, -0.2) is 23.3 Å². The second-order valence-corrected chi connectivity index (χ2v) is 8.00. The van der Waals surface area contributed by atoms with E-state index in [0.717, 1.165) is 9.40 Å². The number of nitrogens with one attached hydrogen (secondary N) is 2. The molecule has 0 fully saturated rings. The summed E-state index contributed by atoms with van der Waals surface area (Å²) in [6.45, 7) is -0.0787. The zero-order valence-electron chi connectivity index (χ0n) is 12.2. The topological polar surface area (TPSA) is 71.1 Å². The van der Waals surface area contributed by atoms with Crippen LogP contribution in [0.4, 0.5) is 5.13 Å². The molecule has 4 aromatic rings. The Balaban J connectivity index is 1.46. The van der Waals surface area contributed by atoms with Gasteiger partial charge < -0.3 is 10.6 Å². The fraction of sp³-hybridized carbons (Fsp3) is 0.0625. The fourth-order valence-electron chi connectivity index (χ4n) is 2.31. The third-order valence-corrected chi connectivity index (χ3v) is 6.46. The highest BCUT2D eigenvalue weighted by molar-refractivity contribution is 7.33. The van der Waals surface area contributed by atoms with E-state index in [1.54, 1.807) is 22.9 Å². The number of rotatable bonds is 4. The summed E-state index contributed by atoms with van der Waals surface area (Å²) in [5.41, 5.74) is 0. The quantitative estimate of drug-likeness (QED) is 0.569. The molecule has 3 aromatic heterocycles. The zero-order chi connectivity index (χ0) is 16.5. The highest BCUT2D eigenvalue weighted by atomic mass is 32.1. The first kappa shape index (κ1) is 15.3. The van der Waals surface area contributed by atoms with Crippen LogP contribution in [0.3, 0.4) is 0 Å². The molecule has 0 radical (unpaired) electrons. The summed E-state index contributed by atoms with van der Waals surface area (Å²) in [5.74, 6) is -0.524. The molecular formula is C16H11N3O2S3. The van der Waals surface area contributed by atoms with E-state index < -0.39 is 0 Å². The second kappa shape index (κ2) is 6.31. The van der Waals surface area contributed by atoms with Crippen molar-refractivity contribution in [2.45, 2.75) is 0 Å². The maximum atomic E-state index is 12.3. The first-order chi connectivity index (χ1) is 11.7. The van der Waals surface area contributed by atoms with Gasteiger partial charge in [0.2, 0.25) is 5.91 Å². The Morgan fingerprint density at radius 2 is 2.00 bits per heavy atom. The van der Waals surface area contributed by atoms with Gasteiger partial charge in [-0.05, 0) is 12.1 Å². The summed E-state index contributed by atoms with van der Waals surface area (Å²) in [5, 5.41) is 8.75. The summed E-state index contributed by atoms with van der Waals surface area (Å²) in [7, 11) is 0. The number of hydrogen-bond donors (Lipinski definition) is 2. The minimum atomic E-state index is -0.290. The Morgan fingerprint density at radius 1 is 1.12 bits per heavy atom. The van der Waals surface area contributed by atoms with Crippen molar-refractivity contribution < 1.29 is 9.59 Å². The molecule has 0 saturated heterocycles. The molecule has 8 heteroatoms. The van der Waals surface area contributed by atoms with Crippen LogP contribution in [0.2, 0.25) is 0 Å². The molecule has 0 aliphatic carbocycles. The van der Waals surface area contributed by atoms with Crippen molar-refractivity contribution >= 4 is 70.4 Å². The van der Waals surface area contributed by atoms with Gasteiger partial charge in [-0.1, -0.05) is 18.2 Å². The van der Waals surface area contributed by atoms with Crippen molar-refractivity contribution in [3.63, 3.8) is 0 Å². The Morgan fingerprint density at radius 3 is 2.83 bits per heavy atom. The molecule has 2 amide bonds. The van der Waals surface area contributed by atoms with Crippen molar-refractivity contribution in [1.29, 1.82) is 0 Å². The number of carbonyl (C=O) groups excluding carboxylic acids is 2. The molecule has 1 aromatic carbocycles. The van der Waals surface area contributed by atoms with Gasteiger partial charge in [0.05, 0.1) is 16.1 Å². The van der Waals surface area contributed by atoms with Crippen LogP contribution in [0.25, 0.3) is 19.5 Å². The van der Waals surface area contributed by atoms with E-state index in [0.29, 0.717) is 10.0 Å². The number of thiophene rings is 2. The van der Waals surface area contributed by atoms with Crippen LogP contribution < -0.4 is 10.6 Å². The predicted octanol–water partition coefficient (Wildman–Crippen LogP) is 3.94. The largest absolute Gasteiger partial charge is 0.342 e. The zero-order valence-corrected chi connectivity index (χ0v) is 14.7. The number of hydrogen-bond acceptors (Lipinski definition) is 6. The maximum absolute atomic E-state index is 12.3. The predicted molar refractivity (Wildman–Crippen MR) is 100 cm³/mol. The lowest BCUT2D eigenvalue weighted by molar-refractivity contribution is -0.115. The van der Waals surface area contributed by atoms with Crippen LogP contribution in [0.5, 0.6) is 0 Å². The van der Waals surface area contributed by atoms with Gasteiger partial charge in [0.25, 0.3) is 5.91 Å². The lowest BCUT2D eigenvalue weighted by atomic mass is 10.2. The van der Waals surface area contributed by atoms with E-state index in [1.807, 2.05) is 18.2 Å². The Labute approximate surface area is 149 Å². The van der Waals surface area contributed by atoms with Gasteiger partial charge >= 0.3 is 0 Å². The summed E-state index contributed by atoms with van der Waals surface area (Å²) >= 11 is 4.46. The fourth-order valence-corrected chi connectivity index (χ4v) is 5.29. The molecule has 4 rings (SSSR count).